The summed E-state index contributed by atoms with van der Waals surface area (Å²) >= 11 is 7.07. The minimum atomic E-state index is -1.21. The Kier molecular flexibility index (Phi) is 6.78. The molecule has 0 aliphatic carbocycles. The number of carboxylic acid groups (broad SMARTS) is 1. The standard InChI is InChI=1S/C16H13NO2S4/c1-20-15-16(21-2)23-13(22-15)8-11-5-3-10(4-6-11)7-12(9-17)14(18)19/h3-8H,1-2H3,(H,18,19)/b12-7-. The number of rotatable bonds is 5. The van der Waals surface area contributed by atoms with Gasteiger partial charge in [-0.1, -0.05) is 47.8 Å². The summed E-state index contributed by atoms with van der Waals surface area (Å²) in [5.74, 6) is -1.21. The number of benzene rings is 1. The third-order valence-electron chi connectivity index (χ3n) is 2.81. The SMILES string of the molecule is CSC1=C(SC)SC(=Cc2ccc(/C=C(/C#N)C(=O)O)cc2)S1. The first-order valence-corrected chi connectivity index (χ1v) is 10.5. The van der Waals surface area contributed by atoms with Gasteiger partial charge in [-0.25, -0.2) is 4.79 Å². The van der Waals surface area contributed by atoms with Crippen molar-refractivity contribution in [1.29, 1.82) is 5.26 Å². The van der Waals surface area contributed by atoms with E-state index in [1.807, 2.05) is 24.3 Å². The molecule has 1 N–H and O–H groups in total. The summed E-state index contributed by atoms with van der Waals surface area (Å²) in [6.07, 6.45) is 7.65. The maximum atomic E-state index is 10.8. The first-order chi connectivity index (χ1) is 11.1. The normalized spacial score (nSPS) is 14.8. The van der Waals surface area contributed by atoms with Crippen LogP contribution in [0.4, 0.5) is 0 Å². The first kappa shape index (κ1) is 18.1. The van der Waals surface area contributed by atoms with Crippen LogP contribution in [-0.2, 0) is 4.79 Å². The molecule has 0 amide bonds. The van der Waals surface area contributed by atoms with Crippen molar-refractivity contribution in [2.45, 2.75) is 0 Å². The zero-order valence-corrected chi connectivity index (χ0v) is 15.7. The highest BCUT2D eigenvalue weighted by molar-refractivity contribution is 8.40. The predicted molar refractivity (Wildman–Crippen MR) is 105 cm³/mol. The van der Waals surface area contributed by atoms with Gasteiger partial charge in [0.1, 0.15) is 11.6 Å². The molecular weight excluding hydrogens is 366 g/mol. The molecule has 7 heteroatoms. The average Bonchev–Trinajstić information content (AvgIpc) is 2.95. The van der Waals surface area contributed by atoms with Gasteiger partial charge >= 0.3 is 5.97 Å². The molecule has 1 aromatic carbocycles. The fraction of sp³-hybridized carbons (Fsp3) is 0.125. The molecule has 0 spiro atoms. The lowest BCUT2D eigenvalue weighted by molar-refractivity contribution is -0.132. The van der Waals surface area contributed by atoms with Crippen LogP contribution in [0.2, 0.25) is 0 Å². The van der Waals surface area contributed by atoms with Crippen molar-refractivity contribution in [2.24, 2.45) is 0 Å². The van der Waals surface area contributed by atoms with Gasteiger partial charge in [0.2, 0.25) is 0 Å². The molecule has 23 heavy (non-hydrogen) atoms. The van der Waals surface area contributed by atoms with Crippen molar-refractivity contribution in [3.05, 3.63) is 53.7 Å². The van der Waals surface area contributed by atoms with E-state index in [1.54, 1.807) is 53.1 Å². The Balaban J connectivity index is 2.15. The van der Waals surface area contributed by atoms with Crippen LogP contribution >= 0.6 is 47.0 Å². The Bertz CT molecular complexity index is 724. The summed E-state index contributed by atoms with van der Waals surface area (Å²) in [6.45, 7) is 0. The molecule has 0 radical (unpaired) electrons. The zero-order valence-electron chi connectivity index (χ0n) is 12.4. The quantitative estimate of drug-likeness (QED) is 0.549. The van der Waals surface area contributed by atoms with Gasteiger partial charge in [-0.3, -0.25) is 0 Å². The van der Waals surface area contributed by atoms with E-state index in [4.69, 9.17) is 10.4 Å². The Labute approximate surface area is 152 Å². The number of carbonyl (C=O) groups is 1. The molecule has 0 unspecified atom stereocenters. The number of aliphatic carboxylic acids is 1. The number of carboxylic acids is 1. The lowest BCUT2D eigenvalue weighted by Crippen LogP contribution is -1.97. The molecule has 0 bridgehead atoms. The highest BCUT2D eigenvalue weighted by Gasteiger charge is 2.19. The van der Waals surface area contributed by atoms with Crippen molar-refractivity contribution in [1.82, 2.24) is 0 Å². The molecule has 1 heterocycles. The van der Waals surface area contributed by atoms with E-state index in [9.17, 15) is 4.79 Å². The van der Waals surface area contributed by atoms with Crippen LogP contribution < -0.4 is 0 Å². The molecule has 1 aliphatic rings. The van der Waals surface area contributed by atoms with Gasteiger partial charge < -0.3 is 5.11 Å². The Morgan fingerprint density at radius 3 is 2.09 bits per heavy atom. The Morgan fingerprint density at radius 2 is 1.65 bits per heavy atom. The summed E-state index contributed by atoms with van der Waals surface area (Å²) < 4.78 is 3.88. The van der Waals surface area contributed by atoms with Crippen LogP contribution in [0.3, 0.4) is 0 Å². The highest BCUT2D eigenvalue weighted by atomic mass is 32.3. The summed E-state index contributed by atoms with van der Waals surface area (Å²) in [5.41, 5.74) is 1.48. The predicted octanol–water partition coefficient (Wildman–Crippen LogP) is 5.31. The van der Waals surface area contributed by atoms with Crippen molar-refractivity contribution in [3.63, 3.8) is 0 Å². The molecule has 0 saturated heterocycles. The highest BCUT2D eigenvalue weighted by Crippen LogP contribution is 2.56. The molecule has 2 rings (SSSR count). The molecule has 0 aromatic heterocycles. The second-order valence-corrected chi connectivity index (χ2v) is 8.80. The molecular formula is C16H13NO2S4. The van der Waals surface area contributed by atoms with Crippen LogP contribution in [0.5, 0.6) is 0 Å². The minimum absolute atomic E-state index is 0.267. The van der Waals surface area contributed by atoms with Gasteiger partial charge in [0.25, 0.3) is 0 Å². The number of thioether (sulfide) groups is 4. The van der Waals surface area contributed by atoms with Crippen molar-refractivity contribution >= 4 is 65.2 Å². The largest absolute Gasteiger partial charge is 0.477 e. The zero-order chi connectivity index (χ0) is 16.8. The van der Waals surface area contributed by atoms with Gasteiger partial charge in [-0.05, 0) is 35.8 Å². The van der Waals surface area contributed by atoms with Crippen LogP contribution in [0.25, 0.3) is 12.2 Å². The average molecular weight is 380 g/mol. The van der Waals surface area contributed by atoms with Crippen LogP contribution in [-0.4, -0.2) is 23.6 Å². The van der Waals surface area contributed by atoms with Crippen LogP contribution in [0.1, 0.15) is 11.1 Å². The number of nitrogens with zero attached hydrogens (tertiary/aromatic N) is 1. The smallest absolute Gasteiger partial charge is 0.346 e. The number of hydrogen-bond donors (Lipinski definition) is 1. The lowest BCUT2D eigenvalue weighted by Gasteiger charge is -1.99. The van der Waals surface area contributed by atoms with Gasteiger partial charge in [-0.15, -0.1) is 23.5 Å². The molecule has 118 valence electrons. The minimum Gasteiger partial charge on any atom is -0.477 e. The molecule has 0 saturated carbocycles. The van der Waals surface area contributed by atoms with Crippen molar-refractivity contribution in [2.75, 3.05) is 12.5 Å². The number of nitriles is 1. The Hall–Kier alpha value is -1.20. The topological polar surface area (TPSA) is 61.1 Å². The maximum absolute atomic E-state index is 10.8. The fourth-order valence-electron chi connectivity index (χ4n) is 1.73. The van der Waals surface area contributed by atoms with E-state index >= 15 is 0 Å². The molecule has 0 fully saturated rings. The molecule has 1 aromatic rings. The van der Waals surface area contributed by atoms with E-state index in [1.165, 1.54) is 18.8 Å². The van der Waals surface area contributed by atoms with Gasteiger partial charge in [-0.2, -0.15) is 5.26 Å². The summed E-state index contributed by atoms with van der Waals surface area (Å²) in [6, 6.07) is 9.15. The van der Waals surface area contributed by atoms with Gasteiger partial charge in [0, 0.05) is 0 Å². The fourth-order valence-corrected chi connectivity index (χ4v) is 6.67. The second kappa shape index (κ2) is 8.60. The van der Waals surface area contributed by atoms with Crippen molar-refractivity contribution < 1.29 is 9.90 Å². The summed E-state index contributed by atoms with van der Waals surface area (Å²) in [5, 5.41) is 17.6. The second-order valence-electron chi connectivity index (χ2n) is 4.29. The van der Waals surface area contributed by atoms with E-state index in [0.29, 0.717) is 5.56 Å². The van der Waals surface area contributed by atoms with E-state index in [-0.39, 0.29) is 5.57 Å². The van der Waals surface area contributed by atoms with E-state index in [2.05, 4.69) is 18.6 Å². The monoisotopic (exact) mass is 379 g/mol. The summed E-state index contributed by atoms with van der Waals surface area (Å²) in [4.78, 5) is 10.8. The Morgan fingerprint density at radius 1 is 1.13 bits per heavy atom. The van der Waals surface area contributed by atoms with E-state index < -0.39 is 5.97 Å². The molecule has 1 aliphatic heterocycles. The van der Waals surface area contributed by atoms with E-state index in [0.717, 1.165) is 5.56 Å². The van der Waals surface area contributed by atoms with Crippen LogP contribution in [0.15, 0.2) is 42.6 Å². The first-order valence-electron chi connectivity index (χ1n) is 6.42. The summed E-state index contributed by atoms with van der Waals surface area (Å²) in [7, 11) is 0. The third kappa shape index (κ3) is 4.88. The van der Waals surface area contributed by atoms with Gasteiger partial charge in [0.05, 0.1) is 12.7 Å². The third-order valence-corrected chi connectivity index (χ3v) is 7.89. The molecule has 0 atom stereocenters. The number of hydrogen-bond acceptors (Lipinski definition) is 6. The van der Waals surface area contributed by atoms with Crippen LogP contribution in [0, 0.1) is 11.3 Å². The van der Waals surface area contributed by atoms with Crippen molar-refractivity contribution in [3.8, 4) is 6.07 Å². The van der Waals surface area contributed by atoms with Gasteiger partial charge in [0.15, 0.2) is 0 Å². The molecule has 3 nitrogen and oxygen atoms in total. The lowest BCUT2D eigenvalue weighted by atomic mass is 10.1. The maximum Gasteiger partial charge on any atom is 0.346 e.